The van der Waals surface area contributed by atoms with Crippen LogP contribution in [0.25, 0.3) is 0 Å². The average Bonchev–Trinajstić information content (AvgIpc) is 2.77. The largest absolute Gasteiger partial charge is 0.465 e. The third-order valence-electron chi connectivity index (χ3n) is 2.95. The molecule has 7 N–H and O–H groups in total. The van der Waals surface area contributed by atoms with E-state index in [2.05, 4.69) is 26.1 Å². The first-order valence-corrected chi connectivity index (χ1v) is 11.8. The highest BCUT2D eigenvalue weighted by Gasteiger charge is 2.17. The Labute approximate surface area is 229 Å². The summed E-state index contributed by atoms with van der Waals surface area (Å²) in [6, 6.07) is -1.44. The summed E-state index contributed by atoms with van der Waals surface area (Å²) in [6.07, 6.45) is -1.58. The van der Waals surface area contributed by atoms with Crippen molar-refractivity contribution in [2.45, 2.75) is 59.7 Å². The molecule has 0 bridgehead atoms. The second-order valence-corrected chi connectivity index (χ2v) is 9.46. The second kappa shape index (κ2) is 21.0. The minimum absolute atomic E-state index is 0.158. The molecular formula is C22H46N8O9. The monoisotopic (exact) mass is 566 g/mol. The van der Waals surface area contributed by atoms with E-state index in [0.717, 1.165) is 0 Å². The van der Waals surface area contributed by atoms with Crippen molar-refractivity contribution in [1.82, 2.24) is 42.6 Å². The van der Waals surface area contributed by atoms with E-state index >= 15 is 0 Å². The summed E-state index contributed by atoms with van der Waals surface area (Å²) in [6.45, 7) is 11.6. The van der Waals surface area contributed by atoms with Gasteiger partial charge < -0.3 is 35.1 Å². The Morgan fingerprint density at radius 1 is 0.667 bits per heavy atom. The quantitative estimate of drug-likeness (QED) is 0.133. The molecule has 0 rings (SSSR count). The van der Waals surface area contributed by atoms with E-state index in [0.29, 0.717) is 0 Å². The fraction of sp³-hybridized carbons (Fsp3) is 0.727. The molecule has 39 heavy (non-hydrogen) atoms. The van der Waals surface area contributed by atoms with Gasteiger partial charge in [-0.15, -0.1) is 0 Å². The molecule has 0 aliphatic heterocycles. The van der Waals surface area contributed by atoms with E-state index in [-0.39, 0.29) is 25.6 Å². The number of amides is 7. The molecule has 7 amide bonds. The number of hydrazine groups is 2. The molecule has 0 atom stereocenters. The van der Waals surface area contributed by atoms with Crippen molar-refractivity contribution in [3.05, 3.63) is 0 Å². The normalized spacial score (nSPS) is 9.92. The van der Waals surface area contributed by atoms with E-state index in [1.807, 2.05) is 30.4 Å². The van der Waals surface area contributed by atoms with Crippen molar-refractivity contribution in [3.63, 3.8) is 0 Å². The van der Waals surface area contributed by atoms with Crippen LogP contribution >= 0.6 is 0 Å². The molecule has 0 heterocycles. The molecule has 0 aromatic rings. The molecule has 0 saturated carbocycles. The number of ether oxygens (including phenoxy) is 3. The zero-order chi connectivity index (χ0) is 31.2. The molecule has 0 aliphatic carbocycles. The number of urea groups is 2. The molecule has 0 saturated heterocycles. The molecule has 0 aromatic heterocycles. The number of nitrogens with zero attached hydrogens (tertiary/aromatic N) is 1. The number of hydrogen-bond acceptors (Lipinski definition) is 10. The molecule has 0 fully saturated rings. The third kappa shape index (κ3) is 32.0. The molecule has 0 aromatic carbocycles. The van der Waals surface area contributed by atoms with Crippen molar-refractivity contribution in [3.8, 4) is 0 Å². The van der Waals surface area contributed by atoms with Crippen LogP contribution in [-0.2, 0) is 23.8 Å². The summed E-state index contributed by atoms with van der Waals surface area (Å²) >= 11 is 0. The van der Waals surface area contributed by atoms with Gasteiger partial charge in [0.1, 0.15) is 17.7 Å². The number of likely N-dealkylation sites (N-methyl/N-ethyl adjacent to an activating group) is 1. The van der Waals surface area contributed by atoms with Crippen LogP contribution in [0, 0.1) is 0 Å². The molecular weight excluding hydrogens is 520 g/mol. The molecule has 17 nitrogen and oxygen atoms in total. The first-order chi connectivity index (χ1) is 17.8. The highest BCUT2D eigenvalue weighted by atomic mass is 16.6. The Kier molecular flexibility index (Phi) is 21.2. The van der Waals surface area contributed by atoms with Gasteiger partial charge in [0.05, 0.1) is 13.2 Å². The Morgan fingerprint density at radius 2 is 1.03 bits per heavy atom. The van der Waals surface area contributed by atoms with Crippen LogP contribution in [0.3, 0.4) is 0 Å². The zero-order valence-corrected chi connectivity index (χ0v) is 24.7. The standard InChI is InChI=1S/C10H20N4O4.C10H19N3O5.C2H7N/c1-10(2,3)18-9(17)13-12-8(16)11-6-7(15)14(4)5;1-5-17-7(14)6-11-8(15)12-13-9(16)18-10(2,3)4;1-3-2/h6H2,1-5H3,(H,13,17)(H2,11,12,16);5-6H2,1-4H3,(H,13,16)(H2,11,12,15);3H,1-2H3. The van der Waals surface area contributed by atoms with Gasteiger partial charge in [0.2, 0.25) is 5.91 Å². The zero-order valence-electron chi connectivity index (χ0n) is 24.7. The molecule has 0 spiro atoms. The lowest BCUT2D eigenvalue weighted by Crippen LogP contribution is -2.50. The summed E-state index contributed by atoms with van der Waals surface area (Å²) in [5.41, 5.74) is 6.83. The van der Waals surface area contributed by atoms with Gasteiger partial charge in [-0.3, -0.25) is 9.59 Å². The van der Waals surface area contributed by atoms with Crippen molar-refractivity contribution < 1.29 is 43.0 Å². The van der Waals surface area contributed by atoms with Gasteiger partial charge in [-0.2, -0.15) is 0 Å². The lowest BCUT2D eigenvalue weighted by molar-refractivity contribution is -0.141. The molecule has 0 radical (unpaired) electrons. The van der Waals surface area contributed by atoms with Gasteiger partial charge in [0, 0.05) is 14.1 Å². The Bertz CT molecular complexity index is 778. The number of esters is 1. The van der Waals surface area contributed by atoms with Crippen LogP contribution in [0.4, 0.5) is 19.2 Å². The summed E-state index contributed by atoms with van der Waals surface area (Å²) < 4.78 is 14.3. The lowest BCUT2D eigenvalue weighted by Gasteiger charge is -2.19. The SMILES string of the molecule is CCOC(=O)CNC(=O)NNC(=O)OC(C)(C)C.CN(C)C(=O)CNC(=O)NNC(=O)OC(C)(C)C.CNC. The lowest BCUT2D eigenvalue weighted by atomic mass is 10.2. The maximum atomic E-state index is 11.2. The number of hydrogen-bond donors (Lipinski definition) is 7. The van der Waals surface area contributed by atoms with Crippen molar-refractivity contribution in [2.24, 2.45) is 0 Å². The van der Waals surface area contributed by atoms with Crippen LogP contribution < -0.4 is 37.7 Å². The van der Waals surface area contributed by atoms with Gasteiger partial charge in [-0.05, 0) is 62.6 Å². The van der Waals surface area contributed by atoms with Gasteiger partial charge in [-0.1, -0.05) is 0 Å². The Morgan fingerprint density at radius 3 is 1.33 bits per heavy atom. The summed E-state index contributed by atoms with van der Waals surface area (Å²) in [5, 5.41) is 7.21. The van der Waals surface area contributed by atoms with Crippen LogP contribution in [-0.4, -0.2) is 100 Å². The van der Waals surface area contributed by atoms with E-state index in [4.69, 9.17) is 9.47 Å². The van der Waals surface area contributed by atoms with Crippen LogP contribution in [0.2, 0.25) is 0 Å². The van der Waals surface area contributed by atoms with Gasteiger partial charge >= 0.3 is 30.2 Å². The Balaban J connectivity index is -0.000000603. The van der Waals surface area contributed by atoms with Crippen LogP contribution in [0.5, 0.6) is 0 Å². The number of carbonyl (C=O) groups excluding carboxylic acids is 6. The highest BCUT2D eigenvalue weighted by Crippen LogP contribution is 2.06. The smallest absolute Gasteiger partial charge is 0.426 e. The summed E-state index contributed by atoms with van der Waals surface area (Å²) in [4.78, 5) is 68.0. The minimum Gasteiger partial charge on any atom is -0.465 e. The van der Waals surface area contributed by atoms with Crippen molar-refractivity contribution >= 4 is 36.1 Å². The minimum atomic E-state index is -0.797. The number of rotatable bonds is 5. The summed E-state index contributed by atoms with van der Waals surface area (Å²) in [7, 11) is 6.89. The predicted molar refractivity (Wildman–Crippen MR) is 142 cm³/mol. The molecule has 228 valence electrons. The first kappa shape index (κ1) is 39.5. The Hall–Kier alpha value is -4.02. The predicted octanol–water partition coefficient (Wildman–Crippen LogP) is -0.0625. The van der Waals surface area contributed by atoms with E-state index in [9.17, 15) is 28.8 Å². The fourth-order valence-corrected chi connectivity index (χ4v) is 1.59. The van der Waals surface area contributed by atoms with Gasteiger partial charge in [0.15, 0.2) is 0 Å². The maximum absolute atomic E-state index is 11.2. The van der Waals surface area contributed by atoms with Crippen molar-refractivity contribution in [1.29, 1.82) is 0 Å². The van der Waals surface area contributed by atoms with E-state index in [1.54, 1.807) is 62.6 Å². The van der Waals surface area contributed by atoms with Crippen molar-refractivity contribution in [2.75, 3.05) is 47.9 Å². The number of carbonyl (C=O) groups is 6. The molecule has 0 aliphatic rings. The fourth-order valence-electron chi connectivity index (χ4n) is 1.59. The summed E-state index contributed by atoms with van der Waals surface area (Å²) in [5.74, 6) is -0.827. The maximum Gasteiger partial charge on any atom is 0.426 e. The van der Waals surface area contributed by atoms with E-state index in [1.165, 1.54) is 4.90 Å². The molecule has 17 heteroatoms. The van der Waals surface area contributed by atoms with Crippen LogP contribution in [0.1, 0.15) is 48.5 Å². The topological polar surface area (TPSA) is 218 Å². The first-order valence-electron chi connectivity index (χ1n) is 11.8. The second-order valence-electron chi connectivity index (χ2n) is 9.46. The molecule has 0 unspecified atom stereocenters. The van der Waals surface area contributed by atoms with Gasteiger partial charge in [0.25, 0.3) is 0 Å². The van der Waals surface area contributed by atoms with Gasteiger partial charge in [-0.25, -0.2) is 40.9 Å². The van der Waals surface area contributed by atoms with E-state index < -0.39 is 41.4 Å². The number of nitrogens with one attached hydrogen (secondary N) is 7. The highest BCUT2D eigenvalue weighted by molar-refractivity contribution is 5.84. The van der Waals surface area contributed by atoms with Crippen LogP contribution in [0.15, 0.2) is 0 Å². The average molecular weight is 567 g/mol. The third-order valence-corrected chi connectivity index (χ3v) is 2.95.